The SMILES string of the molecule is CCNC(=O)N1CCC2CCC(C1)N2. The molecule has 0 saturated carbocycles. The summed E-state index contributed by atoms with van der Waals surface area (Å²) in [5.74, 6) is 0. The van der Waals surface area contributed by atoms with E-state index in [1.165, 1.54) is 12.8 Å². The Hall–Kier alpha value is -0.770. The maximum Gasteiger partial charge on any atom is 0.317 e. The van der Waals surface area contributed by atoms with Crippen LogP contribution in [0.25, 0.3) is 0 Å². The molecule has 14 heavy (non-hydrogen) atoms. The highest BCUT2D eigenvalue weighted by molar-refractivity contribution is 5.74. The molecule has 2 N–H and O–H groups in total. The van der Waals surface area contributed by atoms with E-state index in [0.29, 0.717) is 12.1 Å². The van der Waals surface area contributed by atoms with E-state index in [0.717, 1.165) is 26.1 Å². The van der Waals surface area contributed by atoms with Crippen LogP contribution in [0, 0.1) is 0 Å². The summed E-state index contributed by atoms with van der Waals surface area (Å²) in [6.07, 6.45) is 3.61. The fourth-order valence-electron chi connectivity index (χ4n) is 2.39. The van der Waals surface area contributed by atoms with Gasteiger partial charge in [0.1, 0.15) is 0 Å². The Balaban J connectivity index is 1.91. The summed E-state index contributed by atoms with van der Waals surface area (Å²) in [6.45, 7) is 4.46. The lowest BCUT2D eigenvalue weighted by Crippen LogP contribution is -2.44. The van der Waals surface area contributed by atoms with E-state index in [-0.39, 0.29) is 6.03 Å². The van der Waals surface area contributed by atoms with Crippen LogP contribution in [0.15, 0.2) is 0 Å². The minimum absolute atomic E-state index is 0.0989. The molecule has 0 radical (unpaired) electrons. The third-order valence-electron chi connectivity index (χ3n) is 3.14. The van der Waals surface area contributed by atoms with Gasteiger partial charge in [0, 0.05) is 31.7 Å². The Morgan fingerprint density at radius 1 is 1.43 bits per heavy atom. The molecule has 0 aromatic carbocycles. The highest BCUT2D eigenvalue weighted by Gasteiger charge is 2.30. The van der Waals surface area contributed by atoms with Crippen molar-refractivity contribution in [3.05, 3.63) is 0 Å². The number of amides is 2. The predicted molar refractivity (Wildman–Crippen MR) is 55.2 cm³/mol. The first-order chi connectivity index (χ1) is 6.79. The van der Waals surface area contributed by atoms with Gasteiger partial charge < -0.3 is 15.5 Å². The monoisotopic (exact) mass is 197 g/mol. The Morgan fingerprint density at radius 2 is 2.21 bits per heavy atom. The molecular weight excluding hydrogens is 178 g/mol. The number of hydrogen-bond donors (Lipinski definition) is 2. The molecule has 2 atom stereocenters. The van der Waals surface area contributed by atoms with Gasteiger partial charge in [-0.3, -0.25) is 0 Å². The maximum atomic E-state index is 11.6. The molecule has 0 spiro atoms. The zero-order valence-corrected chi connectivity index (χ0v) is 8.75. The van der Waals surface area contributed by atoms with Gasteiger partial charge in [-0.25, -0.2) is 4.79 Å². The molecule has 2 fully saturated rings. The molecule has 2 rings (SSSR count). The van der Waals surface area contributed by atoms with Crippen molar-refractivity contribution in [2.75, 3.05) is 19.6 Å². The molecule has 2 bridgehead atoms. The lowest BCUT2D eigenvalue weighted by molar-refractivity contribution is 0.195. The minimum atomic E-state index is 0.0989. The predicted octanol–water partition coefficient (Wildman–Crippen LogP) is 0.542. The second-order valence-electron chi connectivity index (χ2n) is 4.21. The summed E-state index contributed by atoms with van der Waals surface area (Å²) in [5, 5.41) is 6.42. The van der Waals surface area contributed by atoms with Crippen LogP contribution >= 0.6 is 0 Å². The normalized spacial score (nSPS) is 31.4. The van der Waals surface area contributed by atoms with Crippen LogP contribution in [-0.4, -0.2) is 42.6 Å². The van der Waals surface area contributed by atoms with Crippen molar-refractivity contribution in [2.45, 2.75) is 38.3 Å². The third-order valence-corrected chi connectivity index (χ3v) is 3.14. The number of nitrogens with zero attached hydrogens (tertiary/aromatic N) is 1. The molecule has 0 aromatic rings. The zero-order chi connectivity index (χ0) is 9.97. The highest BCUT2D eigenvalue weighted by Crippen LogP contribution is 2.20. The number of fused-ring (bicyclic) bond motifs is 2. The lowest BCUT2D eigenvalue weighted by atomic mass is 10.1. The van der Waals surface area contributed by atoms with Crippen molar-refractivity contribution in [3.8, 4) is 0 Å². The number of carbonyl (C=O) groups is 1. The van der Waals surface area contributed by atoms with Gasteiger partial charge >= 0.3 is 6.03 Å². The number of hydrogen-bond acceptors (Lipinski definition) is 2. The van der Waals surface area contributed by atoms with Crippen molar-refractivity contribution in [1.82, 2.24) is 15.5 Å². The molecule has 0 aliphatic carbocycles. The number of urea groups is 1. The second-order valence-corrected chi connectivity index (χ2v) is 4.21. The van der Waals surface area contributed by atoms with E-state index < -0.39 is 0 Å². The molecule has 2 aliphatic rings. The van der Waals surface area contributed by atoms with E-state index >= 15 is 0 Å². The second kappa shape index (κ2) is 4.17. The molecule has 2 aliphatic heterocycles. The van der Waals surface area contributed by atoms with Crippen molar-refractivity contribution < 1.29 is 4.79 Å². The number of nitrogens with one attached hydrogen (secondary N) is 2. The molecule has 80 valence electrons. The average Bonchev–Trinajstić information content (AvgIpc) is 2.46. The van der Waals surface area contributed by atoms with Crippen LogP contribution in [0.1, 0.15) is 26.2 Å². The van der Waals surface area contributed by atoms with E-state index in [9.17, 15) is 4.79 Å². The highest BCUT2D eigenvalue weighted by atomic mass is 16.2. The Kier molecular flexibility index (Phi) is 2.91. The van der Waals surface area contributed by atoms with E-state index in [1.54, 1.807) is 0 Å². The van der Waals surface area contributed by atoms with E-state index in [1.807, 2.05) is 11.8 Å². The fourth-order valence-corrected chi connectivity index (χ4v) is 2.39. The smallest absolute Gasteiger partial charge is 0.317 e. The molecule has 4 nitrogen and oxygen atoms in total. The summed E-state index contributed by atoms with van der Waals surface area (Å²) < 4.78 is 0. The Labute approximate surface area is 85.0 Å². The molecule has 4 heteroatoms. The lowest BCUT2D eigenvalue weighted by Gasteiger charge is -2.24. The van der Waals surface area contributed by atoms with Gasteiger partial charge in [0.25, 0.3) is 0 Å². The topological polar surface area (TPSA) is 44.4 Å². The molecule has 2 amide bonds. The Morgan fingerprint density at radius 3 is 3.00 bits per heavy atom. The number of carbonyl (C=O) groups excluding carboxylic acids is 1. The first kappa shape index (κ1) is 9.77. The molecule has 2 unspecified atom stereocenters. The maximum absolute atomic E-state index is 11.6. The summed E-state index contributed by atoms with van der Waals surface area (Å²) in [6, 6.07) is 1.28. The first-order valence-corrected chi connectivity index (χ1v) is 5.58. The van der Waals surface area contributed by atoms with Gasteiger partial charge in [0.05, 0.1) is 0 Å². The van der Waals surface area contributed by atoms with Crippen LogP contribution in [0.4, 0.5) is 4.79 Å². The summed E-state index contributed by atoms with van der Waals surface area (Å²) in [7, 11) is 0. The van der Waals surface area contributed by atoms with Gasteiger partial charge in [-0.15, -0.1) is 0 Å². The average molecular weight is 197 g/mol. The van der Waals surface area contributed by atoms with Crippen LogP contribution in [0.3, 0.4) is 0 Å². The minimum Gasteiger partial charge on any atom is -0.338 e. The zero-order valence-electron chi connectivity index (χ0n) is 8.75. The van der Waals surface area contributed by atoms with Crippen LogP contribution < -0.4 is 10.6 Å². The van der Waals surface area contributed by atoms with Gasteiger partial charge in [-0.2, -0.15) is 0 Å². The summed E-state index contributed by atoms with van der Waals surface area (Å²) >= 11 is 0. The van der Waals surface area contributed by atoms with E-state index in [4.69, 9.17) is 0 Å². The number of rotatable bonds is 1. The Bertz CT molecular complexity index is 219. The third kappa shape index (κ3) is 2.00. The van der Waals surface area contributed by atoms with Crippen molar-refractivity contribution >= 4 is 6.03 Å². The van der Waals surface area contributed by atoms with E-state index in [2.05, 4.69) is 10.6 Å². The number of likely N-dealkylation sites (tertiary alicyclic amines) is 1. The summed E-state index contributed by atoms with van der Waals surface area (Å²) in [4.78, 5) is 13.6. The molecule has 0 aromatic heterocycles. The van der Waals surface area contributed by atoms with Crippen LogP contribution in [0.2, 0.25) is 0 Å². The van der Waals surface area contributed by atoms with Gasteiger partial charge in [-0.1, -0.05) is 0 Å². The van der Waals surface area contributed by atoms with Crippen LogP contribution in [-0.2, 0) is 0 Å². The quantitative estimate of drug-likeness (QED) is 0.644. The summed E-state index contributed by atoms with van der Waals surface area (Å²) in [5.41, 5.74) is 0. The molecular formula is C10H19N3O. The van der Waals surface area contributed by atoms with Crippen molar-refractivity contribution in [1.29, 1.82) is 0 Å². The molecule has 2 saturated heterocycles. The fraction of sp³-hybridized carbons (Fsp3) is 0.900. The van der Waals surface area contributed by atoms with Crippen molar-refractivity contribution in [3.63, 3.8) is 0 Å². The van der Waals surface area contributed by atoms with Crippen molar-refractivity contribution in [2.24, 2.45) is 0 Å². The standard InChI is InChI=1S/C10H19N3O/c1-2-11-10(14)13-6-5-8-3-4-9(7-13)12-8/h8-9,12H,2-7H2,1H3,(H,11,14). The van der Waals surface area contributed by atoms with Gasteiger partial charge in [0.15, 0.2) is 0 Å². The van der Waals surface area contributed by atoms with Crippen LogP contribution in [0.5, 0.6) is 0 Å². The largest absolute Gasteiger partial charge is 0.338 e. The molecule has 2 heterocycles. The first-order valence-electron chi connectivity index (χ1n) is 5.58. The van der Waals surface area contributed by atoms with Gasteiger partial charge in [0.2, 0.25) is 0 Å². The van der Waals surface area contributed by atoms with Gasteiger partial charge in [-0.05, 0) is 26.2 Å².